The lowest BCUT2D eigenvalue weighted by atomic mass is 10.1. The maximum atomic E-state index is 12.2. The van der Waals surface area contributed by atoms with Gasteiger partial charge in [-0.3, -0.25) is 4.79 Å². The first-order chi connectivity index (χ1) is 8.22. The molecule has 1 amide bonds. The highest BCUT2D eigenvalue weighted by Gasteiger charge is 2.27. The van der Waals surface area contributed by atoms with Gasteiger partial charge in [-0.05, 0) is 24.3 Å². The number of rotatable bonds is 2. The second kappa shape index (κ2) is 5.49. The summed E-state index contributed by atoms with van der Waals surface area (Å²) in [6, 6.07) is 6.49. The van der Waals surface area contributed by atoms with Crippen LogP contribution in [-0.4, -0.2) is 48.3 Å². The van der Waals surface area contributed by atoms with E-state index >= 15 is 0 Å². The lowest BCUT2D eigenvalue weighted by Crippen LogP contribution is -2.50. The Hall–Kier alpha value is -1.10. The molecular formula is C12H14ClNO3. The molecule has 1 N–H and O–H groups in total. The van der Waals surface area contributed by atoms with Crippen molar-refractivity contribution in [3.8, 4) is 0 Å². The number of benzene rings is 1. The van der Waals surface area contributed by atoms with Gasteiger partial charge in [-0.15, -0.1) is 0 Å². The van der Waals surface area contributed by atoms with Crippen molar-refractivity contribution >= 4 is 17.5 Å². The first-order valence-electron chi connectivity index (χ1n) is 5.47. The standard InChI is InChI=1S/C12H14ClNO3/c13-10-3-1-9(2-4-10)12(16)14-5-6-17-8-11(14)7-15/h1-4,11,15H,5-8H2. The minimum atomic E-state index is -0.257. The predicted molar refractivity (Wildman–Crippen MR) is 64.2 cm³/mol. The third kappa shape index (κ3) is 2.77. The molecule has 1 saturated heterocycles. The highest BCUT2D eigenvalue weighted by Crippen LogP contribution is 2.15. The molecule has 1 heterocycles. The zero-order valence-corrected chi connectivity index (χ0v) is 10.1. The van der Waals surface area contributed by atoms with Gasteiger partial charge in [0.2, 0.25) is 0 Å². The van der Waals surface area contributed by atoms with Gasteiger partial charge in [-0.1, -0.05) is 11.6 Å². The lowest BCUT2D eigenvalue weighted by molar-refractivity contribution is -0.0183. The Balaban J connectivity index is 2.15. The van der Waals surface area contributed by atoms with Gasteiger partial charge >= 0.3 is 0 Å². The fraction of sp³-hybridized carbons (Fsp3) is 0.417. The topological polar surface area (TPSA) is 49.8 Å². The zero-order chi connectivity index (χ0) is 12.3. The van der Waals surface area contributed by atoms with E-state index in [1.807, 2.05) is 0 Å². The summed E-state index contributed by atoms with van der Waals surface area (Å²) in [6.07, 6.45) is 0. The highest BCUT2D eigenvalue weighted by molar-refractivity contribution is 6.30. The van der Waals surface area contributed by atoms with E-state index in [1.165, 1.54) is 0 Å². The van der Waals surface area contributed by atoms with Gasteiger partial charge < -0.3 is 14.7 Å². The Bertz CT molecular complexity index is 393. The molecule has 2 rings (SSSR count). The van der Waals surface area contributed by atoms with E-state index in [9.17, 15) is 9.90 Å². The van der Waals surface area contributed by atoms with Crippen molar-refractivity contribution in [3.63, 3.8) is 0 Å². The number of aliphatic hydroxyl groups excluding tert-OH is 1. The number of ether oxygens (including phenoxy) is 1. The number of carbonyl (C=O) groups is 1. The van der Waals surface area contributed by atoms with Crippen molar-refractivity contribution in [2.24, 2.45) is 0 Å². The molecule has 0 spiro atoms. The van der Waals surface area contributed by atoms with Crippen LogP contribution in [0.15, 0.2) is 24.3 Å². The van der Waals surface area contributed by atoms with Crippen LogP contribution in [0.25, 0.3) is 0 Å². The van der Waals surface area contributed by atoms with Gasteiger partial charge in [-0.2, -0.15) is 0 Å². The molecule has 0 aliphatic carbocycles. The maximum Gasteiger partial charge on any atom is 0.254 e. The van der Waals surface area contributed by atoms with Crippen molar-refractivity contribution in [2.45, 2.75) is 6.04 Å². The van der Waals surface area contributed by atoms with Gasteiger partial charge in [-0.25, -0.2) is 0 Å². The highest BCUT2D eigenvalue weighted by atomic mass is 35.5. The summed E-state index contributed by atoms with van der Waals surface area (Å²) in [5.74, 6) is -0.0935. The van der Waals surface area contributed by atoms with E-state index in [-0.39, 0.29) is 18.6 Å². The largest absolute Gasteiger partial charge is 0.394 e. The first kappa shape index (κ1) is 12.4. The average molecular weight is 256 g/mol. The minimum Gasteiger partial charge on any atom is -0.394 e. The fourth-order valence-electron chi connectivity index (χ4n) is 1.83. The summed E-state index contributed by atoms with van der Waals surface area (Å²) >= 11 is 5.77. The number of hydrogen-bond donors (Lipinski definition) is 1. The summed E-state index contributed by atoms with van der Waals surface area (Å²) in [7, 11) is 0. The van der Waals surface area contributed by atoms with Gasteiger partial charge in [0.1, 0.15) is 0 Å². The average Bonchev–Trinajstić information content (AvgIpc) is 2.39. The molecule has 92 valence electrons. The Morgan fingerprint density at radius 2 is 2.18 bits per heavy atom. The number of amides is 1. The molecule has 1 unspecified atom stereocenters. The molecule has 1 aliphatic heterocycles. The summed E-state index contributed by atoms with van der Waals surface area (Å²) in [5, 5.41) is 9.81. The van der Waals surface area contributed by atoms with Crippen molar-refractivity contribution in [1.82, 2.24) is 4.90 Å². The number of hydrogen-bond acceptors (Lipinski definition) is 3. The molecule has 1 aliphatic rings. The molecule has 1 aromatic rings. The van der Waals surface area contributed by atoms with Crippen LogP contribution in [0.3, 0.4) is 0 Å². The van der Waals surface area contributed by atoms with E-state index in [0.29, 0.717) is 30.3 Å². The van der Waals surface area contributed by atoms with E-state index in [0.717, 1.165) is 0 Å². The molecule has 1 aromatic carbocycles. The normalized spacial score (nSPS) is 20.4. The van der Waals surface area contributed by atoms with Crippen LogP contribution in [-0.2, 0) is 4.74 Å². The lowest BCUT2D eigenvalue weighted by Gasteiger charge is -2.34. The smallest absolute Gasteiger partial charge is 0.254 e. The third-order valence-corrected chi connectivity index (χ3v) is 3.04. The van der Waals surface area contributed by atoms with Gasteiger partial charge in [0.25, 0.3) is 5.91 Å². The van der Waals surface area contributed by atoms with Gasteiger partial charge in [0.05, 0.1) is 25.9 Å². The van der Waals surface area contributed by atoms with Crippen LogP contribution in [0.5, 0.6) is 0 Å². The van der Waals surface area contributed by atoms with Crippen molar-refractivity contribution < 1.29 is 14.6 Å². The minimum absolute atomic E-state index is 0.0840. The molecule has 0 radical (unpaired) electrons. The van der Waals surface area contributed by atoms with Crippen LogP contribution in [0.2, 0.25) is 5.02 Å². The molecule has 5 heteroatoms. The number of nitrogens with zero attached hydrogens (tertiary/aromatic N) is 1. The molecular weight excluding hydrogens is 242 g/mol. The van der Waals surface area contributed by atoms with Gasteiger partial charge in [0.15, 0.2) is 0 Å². The molecule has 1 atom stereocenters. The summed E-state index contributed by atoms with van der Waals surface area (Å²) in [4.78, 5) is 13.8. The van der Waals surface area contributed by atoms with Crippen molar-refractivity contribution in [1.29, 1.82) is 0 Å². The molecule has 0 bridgehead atoms. The number of aliphatic hydroxyl groups is 1. The Labute approximate surface area is 105 Å². The second-order valence-electron chi connectivity index (χ2n) is 3.92. The van der Waals surface area contributed by atoms with Crippen LogP contribution < -0.4 is 0 Å². The Kier molecular flexibility index (Phi) is 3.99. The quantitative estimate of drug-likeness (QED) is 0.863. The predicted octanol–water partition coefficient (Wildman–Crippen LogP) is 1.17. The number of carbonyl (C=O) groups excluding carboxylic acids is 1. The monoisotopic (exact) mass is 255 g/mol. The Morgan fingerprint density at radius 3 is 2.82 bits per heavy atom. The summed E-state index contributed by atoms with van der Waals surface area (Å²) < 4.78 is 5.23. The molecule has 4 nitrogen and oxygen atoms in total. The maximum absolute atomic E-state index is 12.2. The number of halogens is 1. The second-order valence-corrected chi connectivity index (χ2v) is 4.35. The van der Waals surface area contributed by atoms with Crippen molar-refractivity contribution in [3.05, 3.63) is 34.9 Å². The van der Waals surface area contributed by atoms with Crippen molar-refractivity contribution in [2.75, 3.05) is 26.4 Å². The van der Waals surface area contributed by atoms with E-state index < -0.39 is 0 Å². The zero-order valence-electron chi connectivity index (χ0n) is 9.30. The van der Waals surface area contributed by atoms with E-state index in [1.54, 1.807) is 29.2 Å². The van der Waals surface area contributed by atoms with E-state index in [4.69, 9.17) is 16.3 Å². The summed E-state index contributed by atoms with van der Waals surface area (Å²) in [5.41, 5.74) is 0.578. The third-order valence-electron chi connectivity index (χ3n) is 2.79. The first-order valence-corrected chi connectivity index (χ1v) is 5.85. The van der Waals surface area contributed by atoms with Crippen LogP contribution >= 0.6 is 11.6 Å². The molecule has 17 heavy (non-hydrogen) atoms. The SMILES string of the molecule is O=C(c1ccc(Cl)cc1)N1CCOCC1CO. The van der Waals surface area contributed by atoms with Crippen LogP contribution in [0, 0.1) is 0 Å². The number of morpholine rings is 1. The Morgan fingerprint density at radius 1 is 1.47 bits per heavy atom. The van der Waals surface area contributed by atoms with Gasteiger partial charge in [0, 0.05) is 17.1 Å². The van der Waals surface area contributed by atoms with Crippen LogP contribution in [0.1, 0.15) is 10.4 Å². The fourth-order valence-corrected chi connectivity index (χ4v) is 1.96. The molecule has 1 fully saturated rings. The van der Waals surface area contributed by atoms with Crippen LogP contribution in [0.4, 0.5) is 0 Å². The molecule has 0 saturated carbocycles. The van der Waals surface area contributed by atoms with E-state index in [2.05, 4.69) is 0 Å². The molecule has 0 aromatic heterocycles. The summed E-state index contributed by atoms with van der Waals surface area (Å²) in [6.45, 7) is 1.32.